The van der Waals surface area contributed by atoms with Crippen LogP contribution in [0.5, 0.6) is 5.75 Å². The minimum absolute atomic E-state index is 0.0320. The van der Waals surface area contributed by atoms with E-state index in [4.69, 9.17) is 27.4 Å². The molecule has 1 aromatic rings. The number of nitrogens with zero attached hydrogens (tertiary/aromatic N) is 1. The molecule has 1 heterocycles. The standard InChI is InChI=1S/C15H20N2O3S/c1-15(2)10-17(7-8-20-15)13(18)9-19-12-6-4-3-5-11(12)14(16)21/h3-6H,7-10H2,1-2H3,(H2,16,21). The Morgan fingerprint density at radius 1 is 1.48 bits per heavy atom. The van der Waals surface area contributed by atoms with Crippen LogP contribution in [0.25, 0.3) is 0 Å². The van der Waals surface area contributed by atoms with Crippen LogP contribution in [0.1, 0.15) is 19.4 Å². The number of carbonyl (C=O) groups is 1. The largest absolute Gasteiger partial charge is 0.483 e. The van der Waals surface area contributed by atoms with Crippen LogP contribution in [-0.2, 0) is 9.53 Å². The van der Waals surface area contributed by atoms with E-state index in [1.807, 2.05) is 26.0 Å². The average molecular weight is 308 g/mol. The Hall–Kier alpha value is -1.66. The predicted molar refractivity (Wildman–Crippen MR) is 84.4 cm³/mol. The van der Waals surface area contributed by atoms with Crippen molar-refractivity contribution in [3.63, 3.8) is 0 Å². The van der Waals surface area contributed by atoms with Gasteiger partial charge in [-0.3, -0.25) is 4.79 Å². The summed E-state index contributed by atoms with van der Waals surface area (Å²) in [7, 11) is 0. The molecule has 1 fully saturated rings. The number of rotatable bonds is 4. The van der Waals surface area contributed by atoms with Crippen molar-refractivity contribution in [2.45, 2.75) is 19.4 Å². The zero-order chi connectivity index (χ0) is 15.5. The first-order valence-corrected chi connectivity index (χ1v) is 7.23. The number of amides is 1. The quantitative estimate of drug-likeness (QED) is 0.850. The van der Waals surface area contributed by atoms with E-state index in [2.05, 4.69) is 0 Å². The summed E-state index contributed by atoms with van der Waals surface area (Å²) in [6.07, 6.45) is 0. The summed E-state index contributed by atoms with van der Waals surface area (Å²) >= 11 is 4.97. The first kappa shape index (κ1) is 15.7. The van der Waals surface area contributed by atoms with Gasteiger partial charge in [0.05, 0.1) is 17.8 Å². The fraction of sp³-hybridized carbons (Fsp3) is 0.467. The van der Waals surface area contributed by atoms with Gasteiger partial charge in [-0.05, 0) is 26.0 Å². The molecular formula is C15H20N2O3S. The average Bonchev–Trinajstić information content (AvgIpc) is 2.43. The van der Waals surface area contributed by atoms with E-state index < -0.39 is 0 Å². The number of carbonyl (C=O) groups excluding carboxylic acids is 1. The van der Waals surface area contributed by atoms with Gasteiger partial charge < -0.3 is 20.1 Å². The molecule has 1 aliphatic rings. The molecule has 1 aliphatic heterocycles. The van der Waals surface area contributed by atoms with Crippen molar-refractivity contribution in [1.29, 1.82) is 0 Å². The first-order valence-electron chi connectivity index (χ1n) is 6.82. The molecule has 2 rings (SSSR count). The van der Waals surface area contributed by atoms with Gasteiger partial charge in [0.2, 0.25) is 0 Å². The molecule has 0 radical (unpaired) electrons. The Bertz CT molecular complexity index is 545. The maximum absolute atomic E-state index is 12.2. The number of morpholine rings is 1. The van der Waals surface area contributed by atoms with Gasteiger partial charge in [-0.25, -0.2) is 0 Å². The van der Waals surface area contributed by atoms with E-state index in [1.165, 1.54) is 0 Å². The van der Waals surface area contributed by atoms with Crippen LogP contribution >= 0.6 is 12.2 Å². The number of benzene rings is 1. The van der Waals surface area contributed by atoms with Gasteiger partial charge in [0.25, 0.3) is 5.91 Å². The van der Waals surface area contributed by atoms with E-state index in [9.17, 15) is 4.79 Å². The molecule has 5 nitrogen and oxygen atoms in total. The summed E-state index contributed by atoms with van der Waals surface area (Å²) < 4.78 is 11.2. The molecule has 0 saturated carbocycles. The lowest BCUT2D eigenvalue weighted by Crippen LogP contribution is -2.51. The second-order valence-corrected chi connectivity index (χ2v) is 6.01. The van der Waals surface area contributed by atoms with Crippen molar-refractivity contribution < 1.29 is 14.3 Å². The topological polar surface area (TPSA) is 64.8 Å². The van der Waals surface area contributed by atoms with E-state index in [0.717, 1.165) is 0 Å². The number of hydrogen-bond donors (Lipinski definition) is 1. The Balaban J connectivity index is 1.97. The molecule has 21 heavy (non-hydrogen) atoms. The normalized spacial score (nSPS) is 17.3. The lowest BCUT2D eigenvalue weighted by atomic mass is 10.1. The molecule has 1 amide bonds. The summed E-state index contributed by atoms with van der Waals surface area (Å²) in [5, 5.41) is 0. The Labute approximate surface area is 130 Å². The summed E-state index contributed by atoms with van der Waals surface area (Å²) in [5.41, 5.74) is 5.97. The molecule has 0 bridgehead atoms. The second kappa shape index (κ2) is 6.41. The van der Waals surface area contributed by atoms with Gasteiger partial charge in [0.1, 0.15) is 10.7 Å². The third kappa shape index (κ3) is 4.15. The molecule has 0 atom stereocenters. The molecule has 0 unspecified atom stereocenters. The zero-order valence-corrected chi connectivity index (χ0v) is 13.1. The Kier molecular flexibility index (Phi) is 4.80. The number of nitrogens with two attached hydrogens (primary N) is 1. The summed E-state index contributed by atoms with van der Waals surface area (Å²) in [6, 6.07) is 7.18. The highest BCUT2D eigenvalue weighted by molar-refractivity contribution is 7.80. The van der Waals surface area contributed by atoms with E-state index >= 15 is 0 Å². The number of thiocarbonyl (C=S) groups is 1. The lowest BCUT2D eigenvalue weighted by Gasteiger charge is -2.38. The van der Waals surface area contributed by atoms with Crippen molar-refractivity contribution in [3.05, 3.63) is 29.8 Å². The molecule has 1 aromatic carbocycles. The van der Waals surface area contributed by atoms with Crippen LogP contribution in [0.2, 0.25) is 0 Å². The fourth-order valence-corrected chi connectivity index (χ4v) is 2.42. The maximum Gasteiger partial charge on any atom is 0.260 e. The van der Waals surface area contributed by atoms with Crippen molar-refractivity contribution >= 4 is 23.1 Å². The number of ether oxygens (including phenoxy) is 2. The maximum atomic E-state index is 12.2. The molecule has 0 aliphatic carbocycles. The highest BCUT2D eigenvalue weighted by Crippen LogP contribution is 2.19. The van der Waals surface area contributed by atoms with Crippen LogP contribution in [0.15, 0.2) is 24.3 Å². The number of hydrogen-bond acceptors (Lipinski definition) is 4. The molecule has 0 spiro atoms. The summed E-state index contributed by atoms with van der Waals surface area (Å²) in [6.45, 7) is 5.59. The molecule has 0 aromatic heterocycles. The van der Waals surface area contributed by atoms with Gasteiger partial charge in [-0.15, -0.1) is 0 Å². The third-order valence-electron chi connectivity index (χ3n) is 3.28. The van der Waals surface area contributed by atoms with E-state index in [-0.39, 0.29) is 23.1 Å². The smallest absolute Gasteiger partial charge is 0.260 e. The van der Waals surface area contributed by atoms with Crippen molar-refractivity contribution in [3.8, 4) is 5.75 Å². The van der Waals surface area contributed by atoms with Gasteiger partial charge in [-0.2, -0.15) is 0 Å². The molecule has 114 valence electrons. The van der Waals surface area contributed by atoms with Crippen molar-refractivity contribution in [2.24, 2.45) is 5.73 Å². The highest BCUT2D eigenvalue weighted by atomic mass is 32.1. The minimum Gasteiger partial charge on any atom is -0.483 e. The van der Waals surface area contributed by atoms with Crippen LogP contribution in [0.3, 0.4) is 0 Å². The van der Waals surface area contributed by atoms with Crippen LogP contribution in [-0.4, -0.2) is 47.7 Å². The van der Waals surface area contributed by atoms with Gasteiger partial charge in [0, 0.05) is 13.1 Å². The second-order valence-electron chi connectivity index (χ2n) is 5.57. The fourth-order valence-electron chi connectivity index (χ4n) is 2.26. The van der Waals surface area contributed by atoms with E-state index in [0.29, 0.717) is 31.0 Å². The SMILES string of the molecule is CC1(C)CN(C(=O)COc2ccccc2C(N)=S)CCO1. The Morgan fingerprint density at radius 3 is 2.86 bits per heavy atom. The molecule has 6 heteroatoms. The van der Waals surface area contributed by atoms with Crippen LogP contribution < -0.4 is 10.5 Å². The molecule has 2 N–H and O–H groups in total. The van der Waals surface area contributed by atoms with E-state index in [1.54, 1.807) is 17.0 Å². The van der Waals surface area contributed by atoms with Gasteiger partial charge >= 0.3 is 0 Å². The molecular weight excluding hydrogens is 288 g/mol. The first-order chi connectivity index (χ1) is 9.89. The summed E-state index contributed by atoms with van der Waals surface area (Å²) in [4.78, 5) is 14.2. The predicted octanol–water partition coefficient (Wildman–Crippen LogP) is 1.34. The van der Waals surface area contributed by atoms with Gasteiger partial charge in [0.15, 0.2) is 6.61 Å². The van der Waals surface area contributed by atoms with Crippen LogP contribution in [0, 0.1) is 0 Å². The highest BCUT2D eigenvalue weighted by Gasteiger charge is 2.30. The number of para-hydroxylation sites is 1. The zero-order valence-electron chi connectivity index (χ0n) is 12.3. The van der Waals surface area contributed by atoms with Gasteiger partial charge in [-0.1, -0.05) is 24.4 Å². The molecule has 1 saturated heterocycles. The van der Waals surface area contributed by atoms with Crippen molar-refractivity contribution in [1.82, 2.24) is 4.90 Å². The lowest BCUT2D eigenvalue weighted by molar-refractivity contribution is -0.147. The minimum atomic E-state index is -0.315. The van der Waals surface area contributed by atoms with Crippen LogP contribution in [0.4, 0.5) is 0 Å². The monoisotopic (exact) mass is 308 g/mol. The summed E-state index contributed by atoms with van der Waals surface area (Å²) in [5.74, 6) is 0.468. The van der Waals surface area contributed by atoms with Crippen molar-refractivity contribution in [2.75, 3.05) is 26.3 Å². The third-order valence-corrected chi connectivity index (χ3v) is 3.50. The Morgan fingerprint density at radius 2 is 2.19 bits per heavy atom.